The van der Waals surface area contributed by atoms with Gasteiger partial charge in [0.1, 0.15) is 11.5 Å². The van der Waals surface area contributed by atoms with Crippen molar-refractivity contribution < 1.29 is 4.39 Å². The minimum absolute atomic E-state index is 0.101. The summed E-state index contributed by atoms with van der Waals surface area (Å²) >= 11 is 0. The maximum Gasteiger partial charge on any atom is 0.178 e. The first-order valence-electron chi connectivity index (χ1n) is 12.0. The Morgan fingerprint density at radius 1 is 0.973 bits per heavy atom. The standard InChI is InChI=1S/C28H25FN8/c1-28(2,3)15-33-17-12-16(13-30-14-17)18-7-8-21-22(23(18)29)25(37-36-21)27-34-24-19(9-11-32-26(24)35-27)20-6-4-5-10-31-20/h4-14,33H,15H2,1-3H3,(H,36,37)(H,32,34,35). The Balaban J connectivity index is 1.44. The molecule has 0 amide bonds. The molecule has 0 saturated carbocycles. The summed E-state index contributed by atoms with van der Waals surface area (Å²) in [5, 5.41) is 11.1. The van der Waals surface area contributed by atoms with E-state index in [1.807, 2.05) is 36.4 Å². The molecule has 0 aliphatic heterocycles. The number of halogens is 1. The number of hydrogen-bond acceptors (Lipinski definition) is 6. The lowest BCUT2D eigenvalue weighted by Crippen LogP contribution is -2.19. The molecule has 0 atom stereocenters. The highest BCUT2D eigenvalue weighted by atomic mass is 19.1. The number of imidazole rings is 1. The van der Waals surface area contributed by atoms with Crippen LogP contribution in [0.15, 0.2) is 67.3 Å². The molecular formula is C28H25FN8. The fourth-order valence-electron chi connectivity index (χ4n) is 4.28. The van der Waals surface area contributed by atoms with E-state index in [0.29, 0.717) is 44.7 Å². The van der Waals surface area contributed by atoms with Gasteiger partial charge < -0.3 is 10.3 Å². The molecule has 0 spiro atoms. The fraction of sp³-hybridized carbons (Fsp3) is 0.179. The number of aromatic amines is 2. The van der Waals surface area contributed by atoms with E-state index in [0.717, 1.165) is 23.5 Å². The monoisotopic (exact) mass is 492 g/mol. The largest absolute Gasteiger partial charge is 0.383 e. The summed E-state index contributed by atoms with van der Waals surface area (Å²) in [5.74, 6) is 0.0290. The molecule has 1 aromatic carbocycles. The molecule has 0 bridgehead atoms. The quantitative estimate of drug-likeness (QED) is 0.264. The second-order valence-corrected chi connectivity index (χ2v) is 10.2. The van der Waals surface area contributed by atoms with Crippen LogP contribution in [0.3, 0.4) is 0 Å². The van der Waals surface area contributed by atoms with Crippen LogP contribution < -0.4 is 5.32 Å². The number of fused-ring (bicyclic) bond motifs is 2. The smallest absolute Gasteiger partial charge is 0.178 e. The SMILES string of the molecule is CC(C)(C)CNc1cncc(-c2ccc3[nH]nc(-c4nc5nccc(-c6ccccn6)c5[nH]4)c3c2F)c1. The van der Waals surface area contributed by atoms with Gasteiger partial charge in [-0.15, -0.1) is 0 Å². The number of nitrogens with zero attached hydrogens (tertiary/aromatic N) is 5. The summed E-state index contributed by atoms with van der Waals surface area (Å²) in [4.78, 5) is 21.1. The Morgan fingerprint density at radius 3 is 2.68 bits per heavy atom. The predicted molar refractivity (Wildman–Crippen MR) is 143 cm³/mol. The third kappa shape index (κ3) is 4.29. The molecule has 3 N–H and O–H groups in total. The molecule has 6 aromatic rings. The summed E-state index contributed by atoms with van der Waals surface area (Å²) in [5.41, 5.74) is 5.87. The van der Waals surface area contributed by atoms with Crippen molar-refractivity contribution in [2.24, 2.45) is 5.41 Å². The number of benzene rings is 1. The zero-order valence-electron chi connectivity index (χ0n) is 20.7. The van der Waals surface area contributed by atoms with Crippen molar-refractivity contribution in [1.29, 1.82) is 0 Å². The van der Waals surface area contributed by atoms with Crippen molar-refractivity contribution in [3.05, 3.63) is 73.1 Å². The van der Waals surface area contributed by atoms with E-state index in [1.165, 1.54) is 0 Å². The van der Waals surface area contributed by atoms with E-state index in [-0.39, 0.29) is 5.41 Å². The van der Waals surface area contributed by atoms with Gasteiger partial charge >= 0.3 is 0 Å². The van der Waals surface area contributed by atoms with E-state index >= 15 is 4.39 Å². The number of nitrogens with one attached hydrogen (secondary N) is 3. The molecule has 184 valence electrons. The van der Waals surface area contributed by atoms with Crippen LogP contribution in [0.5, 0.6) is 0 Å². The Labute approximate surface area is 212 Å². The van der Waals surface area contributed by atoms with Crippen LogP contribution >= 0.6 is 0 Å². The molecule has 8 nitrogen and oxygen atoms in total. The highest BCUT2D eigenvalue weighted by Gasteiger charge is 2.21. The lowest BCUT2D eigenvalue weighted by molar-refractivity contribution is 0.443. The Bertz CT molecular complexity index is 1730. The first-order valence-corrected chi connectivity index (χ1v) is 12.0. The topological polar surface area (TPSA) is 108 Å². The van der Waals surface area contributed by atoms with Gasteiger partial charge in [-0.05, 0) is 41.8 Å². The minimum Gasteiger partial charge on any atom is -0.383 e. The molecule has 37 heavy (non-hydrogen) atoms. The van der Waals surface area contributed by atoms with Gasteiger partial charge in [-0.25, -0.2) is 14.4 Å². The van der Waals surface area contributed by atoms with Crippen molar-refractivity contribution in [3.63, 3.8) is 0 Å². The summed E-state index contributed by atoms with van der Waals surface area (Å²) in [6.45, 7) is 7.22. The maximum absolute atomic E-state index is 16.1. The maximum atomic E-state index is 16.1. The Kier molecular flexibility index (Phi) is 5.40. The summed E-state index contributed by atoms with van der Waals surface area (Å²) in [6.07, 6.45) is 6.83. The van der Waals surface area contributed by atoms with E-state index in [1.54, 1.807) is 30.9 Å². The van der Waals surface area contributed by atoms with E-state index in [4.69, 9.17) is 0 Å². The van der Waals surface area contributed by atoms with Gasteiger partial charge in [0.25, 0.3) is 0 Å². The van der Waals surface area contributed by atoms with Crippen molar-refractivity contribution in [1.82, 2.24) is 35.1 Å². The zero-order chi connectivity index (χ0) is 25.6. The summed E-state index contributed by atoms with van der Waals surface area (Å²) in [7, 11) is 0. The van der Waals surface area contributed by atoms with E-state index in [2.05, 4.69) is 61.2 Å². The minimum atomic E-state index is -0.394. The van der Waals surface area contributed by atoms with Crippen LogP contribution in [0.4, 0.5) is 10.1 Å². The van der Waals surface area contributed by atoms with Crippen LogP contribution in [0, 0.1) is 11.2 Å². The molecule has 9 heteroatoms. The number of pyridine rings is 3. The highest BCUT2D eigenvalue weighted by molar-refractivity contribution is 5.97. The number of H-pyrrole nitrogens is 2. The van der Waals surface area contributed by atoms with Crippen LogP contribution in [0.1, 0.15) is 20.8 Å². The van der Waals surface area contributed by atoms with E-state index in [9.17, 15) is 0 Å². The lowest BCUT2D eigenvalue weighted by Gasteiger charge is -2.19. The molecular weight excluding hydrogens is 467 g/mol. The van der Waals surface area contributed by atoms with Crippen molar-refractivity contribution in [2.45, 2.75) is 20.8 Å². The number of anilines is 1. The van der Waals surface area contributed by atoms with Gasteiger partial charge in [-0.3, -0.25) is 15.1 Å². The molecule has 0 aliphatic carbocycles. The highest BCUT2D eigenvalue weighted by Crippen LogP contribution is 2.35. The molecule has 0 aliphatic rings. The van der Waals surface area contributed by atoms with Crippen molar-refractivity contribution >= 4 is 27.8 Å². The zero-order valence-corrected chi connectivity index (χ0v) is 20.7. The summed E-state index contributed by atoms with van der Waals surface area (Å²) < 4.78 is 16.1. The van der Waals surface area contributed by atoms with Gasteiger partial charge in [-0.1, -0.05) is 26.8 Å². The predicted octanol–water partition coefficient (Wildman–Crippen LogP) is 6.22. The van der Waals surface area contributed by atoms with Crippen molar-refractivity contribution in [3.8, 4) is 33.9 Å². The molecule has 5 heterocycles. The molecule has 0 radical (unpaired) electrons. The van der Waals surface area contributed by atoms with E-state index < -0.39 is 5.82 Å². The molecule has 0 fully saturated rings. The van der Waals surface area contributed by atoms with Crippen LogP contribution in [0.2, 0.25) is 0 Å². The second-order valence-electron chi connectivity index (χ2n) is 10.2. The van der Waals surface area contributed by atoms with Crippen molar-refractivity contribution in [2.75, 3.05) is 11.9 Å². The molecule has 5 aromatic heterocycles. The van der Waals surface area contributed by atoms with Gasteiger partial charge in [0, 0.05) is 48.0 Å². The lowest BCUT2D eigenvalue weighted by atomic mass is 9.97. The fourth-order valence-corrected chi connectivity index (χ4v) is 4.28. The van der Waals surface area contributed by atoms with Gasteiger partial charge in [0.15, 0.2) is 11.5 Å². The van der Waals surface area contributed by atoms with Crippen LogP contribution in [0.25, 0.3) is 56.0 Å². The Hall–Kier alpha value is -4.66. The average Bonchev–Trinajstić information content (AvgIpc) is 3.53. The second kappa shape index (κ2) is 8.77. The first-order chi connectivity index (χ1) is 17.9. The first kappa shape index (κ1) is 22.8. The van der Waals surface area contributed by atoms with Crippen LogP contribution in [-0.4, -0.2) is 41.7 Å². The number of rotatable bonds is 5. The normalized spacial score (nSPS) is 11.9. The Morgan fingerprint density at radius 2 is 1.86 bits per heavy atom. The number of aromatic nitrogens is 7. The molecule has 6 rings (SSSR count). The van der Waals surface area contributed by atoms with Gasteiger partial charge in [0.05, 0.1) is 27.8 Å². The third-order valence-electron chi connectivity index (χ3n) is 6.10. The molecule has 0 saturated heterocycles. The third-order valence-corrected chi connectivity index (χ3v) is 6.10. The van der Waals surface area contributed by atoms with Gasteiger partial charge in [0.2, 0.25) is 0 Å². The summed E-state index contributed by atoms with van der Waals surface area (Å²) in [6, 6.07) is 13.1. The van der Waals surface area contributed by atoms with Gasteiger partial charge in [-0.2, -0.15) is 5.10 Å². The molecule has 0 unspecified atom stereocenters. The van der Waals surface area contributed by atoms with Crippen LogP contribution in [-0.2, 0) is 0 Å². The average molecular weight is 493 g/mol. The number of hydrogen-bond donors (Lipinski definition) is 3.